The molecule has 2 fully saturated rings. The fourth-order valence-electron chi connectivity index (χ4n) is 6.65. The summed E-state index contributed by atoms with van der Waals surface area (Å²) in [5.41, 5.74) is 4.37. The van der Waals surface area contributed by atoms with E-state index >= 15 is 0 Å². The van der Waals surface area contributed by atoms with Crippen molar-refractivity contribution in [1.29, 1.82) is 0 Å². The van der Waals surface area contributed by atoms with E-state index in [1.165, 1.54) is 72.8 Å². The minimum absolute atomic E-state index is 0.567. The van der Waals surface area contributed by atoms with Gasteiger partial charge in [0.1, 0.15) is 11.5 Å². The van der Waals surface area contributed by atoms with Gasteiger partial charge in [0.25, 0.3) is 0 Å². The highest BCUT2D eigenvalue weighted by Crippen LogP contribution is 2.72. The molecule has 2 nitrogen and oxygen atoms in total. The molecule has 2 aliphatic carbocycles. The van der Waals surface area contributed by atoms with Gasteiger partial charge in [-0.3, -0.25) is 0 Å². The van der Waals surface area contributed by atoms with E-state index < -0.39 is 15.2 Å². The molecule has 2 atom stereocenters. The first-order chi connectivity index (χ1) is 19.8. The summed E-state index contributed by atoms with van der Waals surface area (Å²) in [5.74, 6) is 2.49. The van der Waals surface area contributed by atoms with Gasteiger partial charge in [-0.25, -0.2) is 0 Å². The monoisotopic (exact) mass is 565 g/mol. The van der Waals surface area contributed by atoms with Gasteiger partial charge in [-0.15, -0.1) is 0 Å². The van der Waals surface area contributed by atoms with E-state index in [0.717, 1.165) is 28.5 Å². The molecule has 205 valence electrons. The highest BCUT2D eigenvalue weighted by Gasteiger charge is 2.37. The van der Waals surface area contributed by atoms with Crippen LogP contribution in [0.25, 0.3) is 11.1 Å². The van der Waals surface area contributed by atoms with Crippen LogP contribution in [0.3, 0.4) is 0 Å². The molecular weight excluding hydrogens is 526 g/mol. The molecule has 0 saturated heterocycles. The first-order valence-electron chi connectivity index (χ1n) is 14.7. The number of benzene rings is 4. The zero-order valence-corrected chi connectivity index (χ0v) is 25.5. The number of rotatable bonds is 9. The van der Waals surface area contributed by atoms with Crippen molar-refractivity contribution in [2.45, 2.75) is 62.9 Å². The van der Waals surface area contributed by atoms with Gasteiger partial charge in [0, 0.05) is 11.1 Å². The standard InChI is InChI=1S/C36H39O2P2/c1-37-33-20-11-10-19-32(33)36-34(38-2)21-12-22-35(36)40(30-17-8-9-18-30)39(29-15-4-3-5-16-29)31-25-23-28(24-26-31)27-13-6-7-14-27/h3-5,10-12,15-16,20-27,30H,6-9,13-14,17-18H2,1-2H3. The fourth-order valence-corrected chi connectivity index (χ4v) is 15.9. The quantitative estimate of drug-likeness (QED) is 0.189. The van der Waals surface area contributed by atoms with Crippen molar-refractivity contribution in [2.24, 2.45) is 0 Å². The Hall–Kier alpha value is -2.66. The molecule has 0 spiro atoms. The van der Waals surface area contributed by atoms with E-state index in [2.05, 4.69) is 78.9 Å². The molecule has 0 aliphatic heterocycles. The normalized spacial score (nSPS) is 17.6. The van der Waals surface area contributed by atoms with Crippen LogP contribution in [0, 0.1) is 6.07 Å². The van der Waals surface area contributed by atoms with Crippen LogP contribution in [-0.2, 0) is 0 Å². The third-order valence-electron chi connectivity index (χ3n) is 8.61. The van der Waals surface area contributed by atoms with Crippen LogP contribution in [0.1, 0.15) is 62.8 Å². The van der Waals surface area contributed by atoms with Crippen molar-refractivity contribution in [3.05, 3.63) is 103 Å². The van der Waals surface area contributed by atoms with E-state index in [4.69, 9.17) is 9.47 Å². The van der Waals surface area contributed by atoms with Crippen molar-refractivity contribution in [3.63, 3.8) is 0 Å². The summed E-state index contributed by atoms with van der Waals surface area (Å²) in [6.45, 7) is 0. The Labute approximate surface area is 242 Å². The summed E-state index contributed by atoms with van der Waals surface area (Å²) < 4.78 is 11.9. The highest BCUT2D eigenvalue weighted by atomic mass is 32.1. The lowest BCUT2D eigenvalue weighted by Gasteiger charge is -2.36. The van der Waals surface area contributed by atoms with Gasteiger partial charge in [-0.1, -0.05) is 105 Å². The molecule has 1 radical (unpaired) electrons. The van der Waals surface area contributed by atoms with Crippen LogP contribution >= 0.6 is 15.2 Å². The molecule has 2 aliphatic rings. The summed E-state index contributed by atoms with van der Waals surface area (Å²) in [6, 6.07) is 37.4. The van der Waals surface area contributed by atoms with Crippen molar-refractivity contribution in [2.75, 3.05) is 14.2 Å². The molecule has 4 aromatic rings. The molecule has 0 N–H and O–H groups in total. The van der Waals surface area contributed by atoms with Gasteiger partial charge >= 0.3 is 0 Å². The summed E-state index contributed by atoms with van der Waals surface area (Å²) in [7, 11) is 2.37. The van der Waals surface area contributed by atoms with Gasteiger partial charge in [0.2, 0.25) is 0 Å². The summed E-state index contributed by atoms with van der Waals surface area (Å²) in [4.78, 5) is 0. The molecule has 0 bridgehead atoms. The fraction of sp³-hybridized carbons (Fsp3) is 0.333. The van der Waals surface area contributed by atoms with E-state index in [0.29, 0.717) is 5.66 Å². The van der Waals surface area contributed by atoms with Crippen LogP contribution in [0.2, 0.25) is 0 Å². The molecule has 2 unspecified atom stereocenters. The van der Waals surface area contributed by atoms with Crippen molar-refractivity contribution < 1.29 is 9.47 Å². The maximum atomic E-state index is 6.06. The zero-order valence-electron chi connectivity index (χ0n) is 23.7. The third-order valence-corrected chi connectivity index (χ3v) is 17.0. The van der Waals surface area contributed by atoms with E-state index in [1.807, 2.05) is 18.2 Å². The van der Waals surface area contributed by atoms with Crippen LogP contribution in [0.4, 0.5) is 0 Å². The van der Waals surface area contributed by atoms with Crippen molar-refractivity contribution in [3.8, 4) is 22.6 Å². The molecule has 2 saturated carbocycles. The number of methoxy groups -OCH3 is 2. The van der Waals surface area contributed by atoms with Crippen molar-refractivity contribution >= 4 is 31.1 Å². The largest absolute Gasteiger partial charge is 0.496 e. The Bertz CT molecular complexity index is 1390. The van der Waals surface area contributed by atoms with Gasteiger partial charge in [0.15, 0.2) is 0 Å². The number of hydrogen-bond donors (Lipinski definition) is 0. The SMILES string of the molecule is COc1ccc[c]c1-c1c(OC)cccc1P(C1CCCC1)P(c1ccccc1)c1ccc(C2CCCC2)cc1. The third kappa shape index (κ3) is 5.59. The summed E-state index contributed by atoms with van der Waals surface area (Å²) in [5, 5.41) is 4.40. The van der Waals surface area contributed by atoms with Crippen LogP contribution in [0.5, 0.6) is 11.5 Å². The lowest BCUT2D eigenvalue weighted by atomic mass is 9.98. The average Bonchev–Trinajstić information content (AvgIpc) is 3.76. The molecule has 40 heavy (non-hydrogen) atoms. The molecular formula is C36H39O2P2. The lowest BCUT2D eigenvalue weighted by molar-refractivity contribution is 0.410. The Morgan fingerprint density at radius 1 is 0.650 bits per heavy atom. The van der Waals surface area contributed by atoms with E-state index in [-0.39, 0.29) is 0 Å². The van der Waals surface area contributed by atoms with Crippen LogP contribution in [-0.4, -0.2) is 19.9 Å². The minimum atomic E-state index is -0.609. The van der Waals surface area contributed by atoms with E-state index in [9.17, 15) is 0 Å². The summed E-state index contributed by atoms with van der Waals surface area (Å²) >= 11 is 0. The predicted molar refractivity (Wildman–Crippen MR) is 173 cm³/mol. The topological polar surface area (TPSA) is 18.5 Å². The minimum Gasteiger partial charge on any atom is -0.496 e. The first-order valence-corrected chi connectivity index (χ1v) is 18.2. The Morgan fingerprint density at radius 3 is 2.00 bits per heavy atom. The maximum absolute atomic E-state index is 6.06. The van der Waals surface area contributed by atoms with Crippen LogP contribution < -0.4 is 25.4 Å². The van der Waals surface area contributed by atoms with E-state index in [1.54, 1.807) is 14.2 Å². The molecule has 0 heterocycles. The van der Waals surface area contributed by atoms with Crippen LogP contribution in [0.15, 0.2) is 91.0 Å². The Morgan fingerprint density at radius 2 is 1.30 bits per heavy atom. The van der Waals surface area contributed by atoms with Gasteiger partial charge in [-0.05, 0) is 92.2 Å². The maximum Gasteiger partial charge on any atom is 0.127 e. The zero-order chi connectivity index (χ0) is 27.3. The molecule has 0 amide bonds. The average molecular weight is 566 g/mol. The number of ether oxygens (including phenoxy) is 2. The molecule has 4 aromatic carbocycles. The second kappa shape index (κ2) is 12.9. The lowest BCUT2D eigenvalue weighted by Crippen LogP contribution is -2.21. The van der Waals surface area contributed by atoms with Gasteiger partial charge in [0.05, 0.1) is 14.2 Å². The second-order valence-corrected chi connectivity index (χ2v) is 17.0. The van der Waals surface area contributed by atoms with Gasteiger partial charge in [-0.2, -0.15) is 0 Å². The Balaban J connectivity index is 1.55. The van der Waals surface area contributed by atoms with Crippen molar-refractivity contribution in [1.82, 2.24) is 0 Å². The first kappa shape index (κ1) is 27.5. The molecule has 4 heteroatoms. The molecule has 0 aromatic heterocycles. The van der Waals surface area contributed by atoms with Gasteiger partial charge < -0.3 is 9.47 Å². The smallest absolute Gasteiger partial charge is 0.127 e. The summed E-state index contributed by atoms with van der Waals surface area (Å²) in [6.07, 6.45) is 10.6. The highest BCUT2D eigenvalue weighted by molar-refractivity contribution is 8.39. The second-order valence-electron chi connectivity index (χ2n) is 11.0. The molecule has 6 rings (SSSR count). The number of hydrogen-bond acceptors (Lipinski definition) is 2. The predicted octanol–water partition coefficient (Wildman–Crippen LogP) is 8.93. The Kier molecular flexibility index (Phi) is 8.86.